The number of benzene rings is 2. The third-order valence-electron chi connectivity index (χ3n) is 5.03. The van der Waals surface area contributed by atoms with Gasteiger partial charge in [0.05, 0.1) is 19.8 Å². The fraction of sp³-hybridized carbons (Fsp3) is 0.286. The number of nitrogens with one attached hydrogen (secondary N) is 2. The van der Waals surface area contributed by atoms with Crippen LogP contribution < -0.4 is 19.5 Å². The molecule has 4 rings (SSSR count). The van der Waals surface area contributed by atoms with Crippen molar-refractivity contribution < 1.29 is 19.0 Å². The molecule has 3 aromatic rings. The summed E-state index contributed by atoms with van der Waals surface area (Å²) >= 11 is 0. The lowest BCUT2D eigenvalue weighted by atomic mass is 10.0. The molecule has 0 radical (unpaired) electrons. The number of hydrogen-bond acceptors (Lipinski definition) is 6. The number of fused-ring (bicyclic) bond motifs is 1. The van der Waals surface area contributed by atoms with Crippen LogP contribution >= 0.6 is 0 Å². The highest BCUT2D eigenvalue weighted by atomic mass is 16.5. The molecule has 1 unspecified atom stereocenters. The minimum Gasteiger partial charge on any atom is -0.497 e. The first kappa shape index (κ1) is 18.8. The zero-order valence-corrected chi connectivity index (χ0v) is 16.7. The number of methoxy groups -OCH3 is 2. The van der Waals surface area contributed by atoms with Crippen LogP contribution in [-0.4, -0.2) is 41.4 Å². The fourth-order valence-corrected chi connectivity index (χ4v) is 3.28. The molecule has 1 amide bonds. The number of H-pyrrole nitrogens is 1. The third-order valence-corrected chi connectivity index (χ3v) is 5.03. The molecular weight excluding hydrogens is 372 g/mol. The number of aromatic amines is 1. The molecule has 0 fully saturated rings. The van der Waals surface area contributed by atoms with Crippen molar-refractivity contribution in [3.8, 4) is 28.6 Å². The van der Waals surface area contributed by atoms with Crippen molar-refractivity contribution >= 4 is 11.9 Å². The minimum atomic E-state index is -0.608. The van der Waals surface area contributed by atoms with E-state index in [-0.39, 0.29) is 11.9 Å². The van der Waals surface area contributed by atoms with Crippen LogP contribution in [0.5, 0.6) is 17.2 Å². The van der Waals surface area contributed by atoms with Gasteiger partial charge in [0.1, 0.15) is 17.2 Å². The quantitative estimate of drug-likeness (QED) is 0.690. The highest BCUT2D eigenvalue weighted by Gasteiger charge is 2.30. The zero-order chi connectivity index (χ0) is 20.5. The summed E-state index contributed by atoms with van der Waals surface area (Å²) in [5, 5.41) is 9.63. The van der Waals surface area contributed by atoms with E-state index in [1.54, 1.807) is 26.4 Å². The highest BCUT2D eigenvalue weighted by Crippen LogP contribution is 2.33. The number of ether oxygens (including phenoxy) is 3. The van der Waals surface area contributed by atoms with Crippen LogP contribution in [0.3, 0.4) is 0 Å². The maximum Gasteiger partial charge on any atom is 0.268 e. The predicted molar refractivity (Wildman–Crippen MR) is 108 cm³/mol. The van der Waals surface area contributed by atoms with Gasteiger partial charge in [-0.1, -0.05) is 6.07 Å². The molecule has 1 aliphatic heterocycles. The Morgan fingerprint density at radius 2 is 1.97 bits per heavy atom. The molecule has 2 heterocycles. The Bertz CT molecular complexity index is 1050. The second-order valence-corrected chi connectivity index (χ2v) is 6.92. The van der Waals surface area contributed by atoms with Crippen molar-refractivity contribution in [3.05, 3.63) is 47.0 Å². The lowest BCUT2D eigenvalue weighted by Gasteiger charge is -2.09. The van der Waals surface area contributed by atoms with Crippen LogP contribution in [-0.2, 0) is 11.2 Å². The van der Waals surface area contributed by atoms with Crippen LogP contribution in [0.4, 0.5) is 5.95 Å². The van der Waals surface area contributed by atoms with E-state index in [0.717, 1.165) is 16.9 Å². The largest absolute Gasteiger partial charge is 0.497 e. The lowest BCUT2D eigenvalue weighted by Crippen LogP contribution is -2.31. The number of amides is 1. The number of rotatable bonds is 5. The lowest BCUT2D eigenvalue weighted by molar-refractivity contribution is -0.122. The number of carbonyl (C=O) groups is 1. The van der Waals surface area contributed by atoms with Crippen molar-refractivity contribution in [2.45, 2.75) is 26.4 Å². The fourth-order valence-electron chi connectivity index (χ4n) is 3.28. The van der Waals surface area contributed by atoms with E-state index in [2.05, 4.69) is 26.6 Å². The van der Waals surface area contributed by atoms with Crippen LogP contribution in [0.25, 0.3) is 11.4 Å². The molecule has 1 aromatic heterocycles. The van der Waals surface area contributed by atoms with Crippen molar-refractivity contribution in [2.24, 2.45) is 0 Å². The van der Waals surface area contributed by atoms with Crippen LogP contribution in [0.15, 0.2) is 30.3 Å². The number of aryl methyl sites for hydroxylation is 2. The molecule has 0 spiro atoms. The summed E-state index contributed by atoms with van der Waals surface area (Å²) in [7, 11) is 3.15. The van der Waals surface area contributed by atoms with E-state index in [1.807, 2.05) is 26.0 Å². The zero-order valence-electron chi connectivity index (χ0n) is 16.7. The molecule has 0 aliphatic carbocycles. The van der Waals surface area contributed by atoms with Crippen molar-refractivity contribution in [3.63, 3.8) is 0 Å². The van der Waals surface area contributed by atoms with Gasteiger partial charge in [-0.15, -0.1) is 5.10 Å². The summed E-state index contributed by atoms with van der Waals surface area (Å²) < 4.78 is 16.4. The Labute approximate surface area is 168 Å². The predicted octanol–water partition coefficient (Wildman–Crippen LogP) is 3.05. The molecule has 0 saturated carbocycles. The first-order valence-corrected chi connectivity index (χ1v) is 9.21. The van der Waals surface area contributed by atoms with E-state index in [1.165, 1.54) is 5.56 Å². The first-order chi connectivity index (χ1) is 14.0. The topological polar surface area (TPSA) is 98.4 Å². The Morgan fingerprint density at radius 1 is 1.17 bits per heavy atom. The maximum absolute atomic E-state index is 12.6. The summed E-state index contributed by atoms with van der Waals surface area (Å²) in [4.78, 5) is 17.0. The van der Waals surface area contributed by atoms with Crippen LogP contribution in [0.1, 0.15) is 16.7 Å². The molecular formula is C21H22N4O4. The second kappa shape index (κ2) is 7.46. The number of aromatic nitrogens is 3. The average molecular weight is 394 g/mol. The molecule has 1 aliphatic rings. The van der Waals surface area contributed by atoms with Crippen LogP contribution in [0, 0.1) is 13.8 Å². The molecule has 2 N–H and O–H groups in total. The normalized spacial score (nSPS) is 14.8. The average Bonchev–Trinajstić information content (AvgIpc) is 3.34. The Morgan fingerprint density at radius 3 is 2.72 bits per heavy atom. The molecule has 2 aromatic carbocycles. The Balaban J connectivity index is 1.48. The maximum atomic E-state index is 12.6. The van der Waals surface area contributed by atoms with Crippen LogP contribution in [0.2, 0.25) is 0 Å². The summed E-state index contributed by atoms with van der Waals surface area (Å²) in [6, 6.07) is 9.40. The third kappa shape index (κ3) is 3.61. The van der Waals surface area contributed by atoms with E-state index in [0.29, 0.717) is 29.3 Å². The van der Waals surface area contributed by atoms with Crippen molar-refractivity contribution in [2.75, 3.05) is 19.5 Å². The van der Waals surface area contributed by atoms with Gasteiger partial charge in [-0.2, -0.15) is 4.98 Å². The molecule has 150 valence electrons. The van der Waals surface area contributed by atoms with E-state index >= 15 is 0 Å². The van der Waals surface area contributed by atoms with E-state index in [4.69, 9.17) is 14.2 Å². The van der Waals surface area contributed by atoms with Gasteiger partial charge >= 0.3 is 0 Å². The number of nitrogens with zero attached hydrogens (tertiary/aromatic N) is 2. The van der Waals surface area contributed by atoms with E-state index in [9.17, 15) is 4.79 Å². The molecule has 8 nitrogen and oxygen atoms in total. The number of hydrogen-bond donors (Lipinski definition) is 2. The molecule has 0 bridgehead atoms. The number of carbonyl (C=O) groups excluding carboxylic acids is 1. The molecule has 1 atom stereocenters. The summed E-state index contributed by atoms with van der Waals surface area (Å²) in [5.41, 5.74) is 4.06. The minimum absolute atomic E-state index is 0.176. The molecule has 29 heavy (non-hydrogen) atoms. The summed E-state index contributed by atoms with van der Waals surface area (Å²) in [6.45, 7) is 4.07. The van der Waals surface area contributed by atoms with Gasteiger partial charge < -0.3 is 14.2 Å². The van der Waals surface area contributed by atoms with Crippen molar-refractivity contribution in [1.29, 1.82) is 0 Å². The van der Waals surface area contributed by atoms with Gasteiger partial charge in [0.2, 0.25) is 5.95 Å². The summed E-state index contributed by atoms with van der Waals surface area (Å²) in [5.74, 6) is 2.37. The first-order valence-electron chi connectivity index (χ1n) is 9.21. The Kier molecular flexibility index (Phi) is 4.84. The van der Waals surface area contributed by atoms with Gasteiger partial charge in [-0.05, 0) is 48.7 Å². The van der Waals surface area contributed by atoms with Crippen molar-refractivity contribution in [1.82, 2.24) is 15.2 Å². The standard InChI is InChI=1S/C21H22N4O4/c1-11-7-13-9-18(29-16(13)8-12(11)2)20(26)23-21-22-19(24-25-21)15-6-5-14(27-3)10-17(15)28-4/h5-8,10,18H,9H2,1-4H3,(H2,22,23,24,25,26). The summed E-state index contributed by atoms with van der Waals surface area (Å²) in [6.07, 6.45) is -0.0880. The molecule has 0 saturated heterocycles. The van der Waals surface area contributed by atoms with Gasteiger partial charge in [-0.3, -0.25) is 15.2 Å². The monoisotopic (exact) mass is 394 g/mol. The van der Waals surface area contributed by atoms with Gasteiger partial charge in [-0.25, -0.2) is 0 Å². The van der Waals surface area contributed by atoms with Gasteiger partial charge in [0.25, 0.3) is 5.91 Å². The molecule has 8 heteroatoms. The smallest absolute Gasteiger partial charge is 0.268 e. The highest BCUT2D eigenvalue weighted by molar-refractivity contribution is 5.94. The Hall–Kier alpha value is -3.55. The number of anilines is 1. The second-order valence-electron chi connectivity index (χ2n) is 6.92. The van der Waals surface area contributed by atoms with Gasteiger partial charge in [0, 0.05) is 12.5 Å². The van der Waals surface area contributed by atoms with Gasteiger partial charge in [0.15, 0.2) is 11.9 Å². The van der Waals surface area contributed by atoms with E-state index < -0.39 is 6.10 Å². The SMILES string of the molecule is COc1ccc(-c2nc(NC(=O)C3Cc4cc(C)c(C)cc4O3)n[nH]2)c(OC)c1.